The van der Waals surface area contributed by atoms with Gasteiger partial charge in [-0.1, -0.05) is 42.4 Å². The second-order valence-corrected chi connectivity index (χ2v) is 11.4. The highest BCUT2D eigenvalue weighted by Crippen LogP contribution is 2.39. The first-order valence-corrected chi connectivity index (χ1v) is 15.4. The van der Waals surface area contributed by atoms with Gasteiger partial charge in [0.2, 0.25) is 11.8 Å². The molecular formula is C35H38ClN7O2. The molecule has 4 heterocycles. The van der Waals surface area contributed by atoms with Crippen LogP contribution in [0.25, 0.3) is 10.8 Å². The monoisotopic (exact) mass is 623 g/mol. The van der Waals surface area contributed by atoms with E-state index >= 15 is 0 Å². The number of anilines is 2. The van der Waals surface area contributed by atoms with Gasteiger partial charge in [0.15, 0.2) is 6.07 Å². The number of fused-ring (bicyclic) bond motifs is 2. The molecule has 0 radical (unpaired) electrons. The highest BCUT2D eigenvalue weighted by molar-refractivity contribution is 6.36. The van der Waals surface area contributed by atoms with Crippen LogP contribution in [0.3, 0.4) is 0 Å². The average molecular weight is 624 g/mol. The zero-order chi connectivity index (χ0) is 32.3. The summed E-state index contributed by atoms with van der Waals surface area (Å²) in [5, 5.41) is 20.2. The second kappa shape index (κ2) is 15.8. The fourth-order valence-electron chi connectivity index (χ4n) is 6.00. The number of hydrogen-bond donors (Lipinski definition) is 0. The number of halogens is 1. The summed E-state index contributed by atoms with van der Waals surface area (Å²) in [5.41, 5.74) is 3.54. The van der Waals surface area contributed by atoms with Crippen molar-refractivity contribution in [2.24, 2.45) is 0 Å². The number of rotatable bonds is 4. The summed E-state index contributed by atoms with van der Waals surface area (Å²) in [5.74, 6) is 2.86. The number of aromatic nitrogens is 1. The molecule has 0 bridgehead atoms. The molecule has 1 amide bonds. The third kappa shape index (κ3) is 7.67. The van der Waals surface area contributed by atoms with Gasteiger partial charge < -0.3 is 24.3 Å². The zero-order valence-corrected chi connectivity index (χ0v) is 26.7. The predicted octanol–water partition coefficient (Wildman–Crippen LogP) is 5.02. The molecule has 0 spiro atoms. The van der Waals surface area contributed by atoms with E-state index in [2.05, 4.69) is 59.0 Å². The van der Waals surface area contributed by atoms with Gasteiger partial charge in [0.25, 0.3) is 0 Å². The van der Waals surface area contributed by atoms with Crippen molar-refractivity contribution in [2.45, 2.75) is 25.8 Å². The highest BCUT2D eigenvalue weighted by atomic mass is 35.5. The SMILES string of the molecule is C#CC#N.C=CC(=O)N1CCN(c2nc(OC)c(C#N)c3c2CCN(c2cccc4cccc(Cl)c24)C3)CC1.CN1CCCC1. The van der Waals surface area contributed by atoms with Gasteiger partial charge in [-0.15, -0.1) is 6.42 Å². The Morgan fingerprint density at radius 2 is 1.69 bits per heavy atom. The minimum absolute atomic E-state index is 0.0542. The molecule has 3 aliphatic rings. The molecule has 2 fully saturated rings. The lowest BCUT2D eigenvalue weighted by Gasteiger charge is -2.38. The van der Waals surface area contributed by atoms with Crippen molar-refractivity contribution in [2.75, 3.05) is 69.8 Å². The minimum atomic E-state index is -0.0542. The van der Waals surface area contributed by atoms with E-state index < -0.39 is 0 Å². The quantitative estimate of drug-likeness (QED) is 0.295. The van der Waals surface area contributed by atoms with Gasteiger partial charge in [-0.05, 0) is 63.0 Å². The summed E-state index contributed by atoms with van der Waals surface area (Å²) in [6, 6.07) is 15.9. The number of piperazine rings is 1. The number of amides is 1. The lowest BCUT2D eigenvalue weighted by Crippen LogP contribution is -2.49. The van der Waals surface area contributed by atoms with Crippen molar-refractivity contribution in [3.8, 4) is 30.4 Å². The molecule has 1 aromatic heterocycles. The Labute approximate surface area is 270 Å². The van der Waals surface area contributed by atoms with Crippen molar-refractivity contribution < 1.29 is 9.53 Å². The summed E-state index contributed by atoms with van der Waals surface area (Å²) in [6.45, 7) is 10.1. The maximum Gasteiger partial charge on any atom is 0.246 e. The van der Waals surface area contributed by atoms with E-state index in [0.29, 0.717) is 49.2 Å². The van der Waals surface area contributed by atoms with E-state index in [1.54, 1.807) is 17.9 Å². The lowest BCUT2D eigenvalue weighted by molar-refractivity contribution is -0.126. The van der Waals surface area contributed by atoms with Gasteiger partial charge in [0.1, 0.15) is 17.5 Å². The number of carbonyl (C=O) groups excluding carboxylic acids is 1. The second-order valence-electron chi connectivity index (χ2n) is 11.0. The van der Waals surface area contributed by atoms with Crippen LogP contribution in [0.1, 0.15) is 29.5 Å². The summed E-state index contributed by atoms with van der Waals surface area (Å²) in [7, 11) is 3.72. The summed E-state index contributed by atoms with van der Waals surface area (Å²) < 4.78 is 5.56. The molecule has 3 aromatic rings. The molecule has 0 atom stereocenters. The first-order valence-electron chi connectivity index (χ1n) is 15.0. The van der Waals surface area contributed by atoms with Gasteiger partial charge >= 0.3 is 0 Å². The average Bonchev–Trinajstić information content (AvgIpc) is 3.58. The van der Waals surface area contributed by atoms with Crippen LogP contribution in [-0.4, -0.2) is 80.7 Å². The van der Waals surface area contributed by atoms with Crippen LogP contribution in [0.5, 0.6) is 5.88 Å². The Morgan fingerprint density at radius 3 is 2.24 bits per heavy atom. The van der Waals surface area contributed by atoms with Crippen LogP contribution in [0, 0.1) is 35.0 Å². The predicted molar refractivity (Wildman–Crippen MR) is 179 cm³/mol. The number of benzene rings is 2. The van der Waals surface area contributed by atoms with Crippen molar-refractivity contribution in [1.29, 1.82) is 10.5 Å². The van der Waals surface area contributed by atoms with Gasteiger partial charge in [0.05, 0.1) is 12.1 Å². The lowest BCUT2D eigenvalue weighted by atomic mass is 9.94. The van der Waals surface area contributed by atoms with Gasteiger partial charge in [-0.25, -0.2) is 0 Å². The summed E-state index contributed by atoms with van der Waals surface area (Å²) in [6.07, 6.45) is 9.34. The Bertz CT molecular complexity index is 1640. The molecule has 45 heavy (non-hydrogen) atoms. The molecule has 2 saturated heterocycles. The van der Waals surface area contributed by atoms with Crippen molar-refractivity contribution >= 4 is 39.8 Å². The summed E-state index contributed by atoms with van der Waals surface area (Å²) in [4.78, 5) is 25.4. The van der Waals surface area contributed by atoms with E-state index in [4.69, 9.17) is 26.6 Å². The van der Waals surface area contributed by atoms with Crippen molar-refractivity contribution in [3.63, 3.8) is 0 Å². The van der Waals surface area contributed by atoms with Crippen LogP contribution in [-0.2, 0) is 17.8 Å². The normalized spacial score (nSPS) is 15.7. The molecule has 0 saturated carbocycles. The number of carbonyl (C=O) groups is 1. The number of nitrogens with zero attached hydrogens (tertiary/aromatic N) is 7. The molecule has 0 aliphatic carbocycles. The van der Waals surface area contributed by atoms with Crippen LogP contribution < -0.4 is 14.5 Å². The molecule has 9 nitrogen and oxygen atoms in total. The number of nitriles is 2. The Kier molecular flexibility index (Phi) is 11.7. The van der Waals surface area contributed by atoms with Gasteiger partial charge in [0, 0.05) is 67.4 Å². The molecular weight excluding hydrogens is 586 g/mol. The van der Waals surface area contributed by atoms with Gasteiger partial charge in [-0.2, -0.15) is 15.5 Å². The molecule has 6 rings (SSSR count). The maximum absolute atomic E-state index is 12.0. The Morgan fingerprint density at radius 1 is 1.02 bits per heavy atom. The van der Waals surface area contributed by atoms with E-state index in [-0.39, 0.29) is 5.91 Å². The topological polar surface area (TPSA) is 99.7 Å². The fourth-order valence-corrected chi connectivity index (χ4v) is 6.28. The number of methoxy groups -OCH3 is 1. The van der Waals surface area contributed by atoms with Crippen LogP contribution in [0.15, 0.2) is 49.1 Å². The van der Waals surface area contributed by atoms with Crippen LogP contribution >= 0.6 is 11.6 Å². The largest absolute Gasteiger partial charge is 0.480 e. The third-order valence-corrected chi connectivity index (χ3v) is 8.59. The fraction of sp³-hybridized carbons (Fsp3) is 0.371. The van der Waals surface area contributed by atoms with Crippen LogP contribution in [0.2, 0.25) is 5.02 Å². The molecule has 2 aromatic carbocycles. The molecule has 0 N–H and O–H groups in total. The van der Waals surface area contributed by atoms with Gasteiger partial charge in [-0.3, -0.25) is 4.79 Å². The maximum atomic E-state index is 12.0. The van der Waals surface area contributed by atoms with E-state index in [1.807, 2.05) is 18.2 Å². The standard InChI is InChI=1S/C27H26ClN5O2.C5H11N.C3HN/c1-3-24(34)31-12-14-32(15-13-31)26-19-10-11-33(17-21(19)20(16-29)27(30-26)35-2)23-9-5-7-18-6-4-8-22(28)25(18)23;1-6-4-2-3-5-6;1-2-3-4/h3-9H,1,10-15,17H2,2H3;2-5H2,1H3;1H. The highest BCUT2D eigenvalue weighted by Gasteiger charge is 2.31. The molecule has 0 unspecified atom stereocenters. The van der Waals surface area contributed by atoms with E-state index in [9.17, 15) is 10.1 Å². The van der Waals surface area contributed by atoms with Crippen LogP contribution in [0.4, 0.5) is 11.5 Å². The Balaban J connectivity index is 0.000000396. The number of hydrogen-bond acceptors (Lipinski definition) is 8. The number of ether oxygens (including phenoxy) is 1. The van der Waals surface area contributed by atoms with Crippen molar-refractivity contribution in [3.05, 3.63) is 70.8 Å². The Hall–Kier alpha value is -4.75. The number of terminal acetylenes is 1. The molecule has 10 heteroatoms. The number of likely N-dealkylation sites (tertiary alicyclic amines) is 1. The smallest absolute Gasteiger partial charge is 0.246 e. The molecule has 232 valence electrons. The van der Waals surface area contributed by atoms with E-state index in [0.717, 1.165) is 46.4 Å². The summed E-state index contributed by atoms with van der Waals surface area (Å²) >= 11 is 6.61. The first-order chi connectivity index (χ1) is 21.9. The third-order valence-electron chi connectivity index (χ3n) is 8.28. The minimum Gasteiger partial charge on any atom is -0.480 e. The number of pyridine rings is 1. The molecule has 3 aliphatic heterocycles. The van der Waals surface area contributed by atoms with E-state index in [1.165, 1.54) is 38.1 Å². The first kappa shape index (κ1) is 33.1. The van der Waals surface area contributed by atoms with Crippen molar-refractivity contribution in [1.82, 2.24) is 14.8 Å². The zero-order valence-electron chi connectivity index (χ0n) is 25.9.